The van der Waals surface area contributed by atoms with Crippen LogP contribution in [0.2, 0.25) is 0 Å². The Morgan fingerprint density at radius 3 is 2.62 bits per heavy atom. The third-order valence-electron chi connectivity index (χ3n) is 5.59. The molecule has 1 unspecified atom stereocenters. The quantitative estimate of drug-likeness (QED) is 0.678. The van der Waals surface area contributed by atoms with E-state index in [1.165, 1.54) is 44.2 Å². The maximum absolute atomic E-state index is 13.1. The summed E-state index contributed by atoms with van der Waals surface area (Å²) in [5, 5.41) is 3.44. The van der Waals surface area contributed by atoms with Crippen LogP contribution in [0.5, 0.6) is 0 Å². The minimum Gasteiger partial charge on any atom is -0.375 e. The fraction of sp³-hybridized carbons (Fsp3) is 0.632. The molecule has 1 heterocycles. The van der Waals surface area contributed by atoms with Crippen molar-refractivity contribution in [2.45, 2.75) is 38.2 Å². The van der Waals surface area contributed by atoms with Crippen molar-refractivity contribution in [2.75, 3.05) is 33.8 Å². The summed E-state index contributed by atoms with van der Waals surface area (Å²) in [7, 11) is 3.52. The highest BCUT2D eigenvalue weighted by atomic mass is 19.1. The molecule has 1 aromatic rings. The van der Waals surface area contributed by atoms with Gasteiger partial charge in [0.25, 0.3) is 0 Å². The predicted octanol–water partition coefficient (Wildman–Crippen LogP) is 3.35. The van der Waals surface area contributed by atoms with Gasteiger partial charge in [0.1, 0.15) is 5.82 Å². The van der Waals surface area contributed by atoms with Crippen LogP contribution in [0, 0.1) is 11.2 Å². The molecule has 24 heavy (non-hydrogen) atoms. The maximum Gasteiger partial charge on any atom is 0.193 e. The van der Waals surface area contributed by atoms with Gasteiger partial charge in [-0.25, -0.2) is 4.39 Å². The lowest BCUT2D eigenvalue weighted by atomic mass is 9.86. The zero-order chi connectivity index (χ0) is 17.0. The molecular weight excluding hydrogens is 305 g/mol. The SMILES string of the molecule is CN=C(NCC(OC)c1ccc(F)cc1)N1CCC2(CCCC2)C1. The number of rotatable bonds is 4. The van der Waals surface area contributed by atoms with Crippen molar-refractivity contribution >= 4 is 5.96 Å². The zero-order valence-corrected chi connectivity index (χ0v) is 14.7. The third-order valence-corrected chi connectivity index (χ3v) is 5.59. The molecule has 1 saturated carbocycles. The van der Waals surface area contributed by atoms with Gasteiger partial charge in [-0.1, -0.05) is 25.0 Å². The normalized spacial score (nSPS) is 21.5. The average Bonchev–Trinajstić information content (AvgIpc) is 3.23. The van der Waals surface area contributed by atoms with Gasteiger partial charge in [-0.3, -0.25) is 4.99 Å². The van der Waals surface area contributed by atoms with Gasteiger partial charge in [0.15, 0.2) is 5.96 Å². The summed E-state index contributed by atoms with van der Waals surface area (Å²) >= 11 is 0. The van der Waals surface area contributed by atoms with Crippen LogP contribution in [0.4, 0.5) is 4.39 Å². The first-order valence-corrected chi connectivity index (χ1v) is 8.90. The number of ether oxygens (including phenoxy) is 1. The van der Waals surface area contributed by atoms with Gasteiger partial charge < -0.3 is 15.0 Å². The lowest BCUT2D eigenvalue weighted by Crippen LogP contribution is -2.42. The van der Waals surface area contributed by atoms with Crippen LogP contribution >= 0.6 is 0 Å². The highest BCUT2D eigenvalue weighted by Crippen LogP contribution is 2.45. The van der Waals surface area contributed by atoms with Gasteiger partial charge in [0.2, 0.25) is 0 Å². The second kappa shape index (κ2) is 7.51. The van der Waals surface area contributed by atoms with Crippen LogP contribution in [-0.4, -0.2) is 44.7 Å². The van der Waals surface area contributed by atoms with Crippen LogP contribution in [0.3, 0.4) is 0 Å². The van der Waals surface area contributed by atoms with Crippen LogP contribution in [0.15, 0.2) is 29.3 Å². The van der Waals surface area contributed by atoms with Gasteiger partial charge in [0.05, 0.1) is 6.10 Å². The second-order valence-corrected chi connectivity index (χ2v) is 7.08. The summed E-state index contributed by atoms with van der Waals surface area (Å²) in [6, 6.07) is 6.50. The van der Waals surface area contributed by atoms with E-state index in [9.17, 15) is 4.39 Å². The van der Waals surface area contributed by atoms with Crippen LogP contribution in [0.1, 0.15) is 43.8 Å². The summed E-state index contributed by atoms with van der Waals surface area (Å²) in [5.74, 6) is 0.722. The van der Waals surface area contributed by atoms with E-state index in [1.54, 1.807) is 19.2 Å². The van der Waals surface area contributed by atoms with Crippen molar-refractivity contribution in [3.05, 3.63) is 35.6 Å². The van der Waals surface area contributed by atoms with Crippen LogP contribution in [0.25, 0.3) is 0 Å². The second-order valence-electron chi connectivity index (χ2n) is 7.08. The van der Waals surface area contributed by atoms with E-state index in [0.29, 0.717) is 12.0 Å². The van der Waals surface area contributed by atoms with Crippen LogP contribution < -0.4 is 5.32 Å². The Morgan fingerprint density at radius 1 is 1.29 bits per heavy atom. The first-order valence-electron chi connectivity index (χ1n) is 8.90. The number of hydrogen-bond acceptors (Lipinski definition) is 2. The Bertz CT molecular complexity index is 566. The minimum absolute atomic E-state index is 0.120. The van der Waals surface area contributed by atoms with Crippen molar-refractivity contribution < 1.29 is 9.13 Å². The number of hydrogen-bond donors (Lipinski definition) is 1. The summed E-state index contributed by atoms with van der Waals surface area (Å²) in [5.41, 5.74) is 1.49. The van der Waals surface area contributed by atoms with E-state index in [-0.39, 0.29) is 11.9 Å². The van der Waals surface area contributed by atoms with Crippen molar-refractivity contribution in [1.29, 1.82) is 0 Å². The van der Waals surface area contributed by atoms with E-state index < -0.39 is 0 Å². The number of nitrogens with zero attached hydrogens (tertiary/aromatic N) is 2. The molecule has 2 fully saturated rings. The molecule has 2 aliphatic rings. The molecule has 0 amide bonds. The third kappa shape index (κ3) is 3.72. The maximum atomic E-state index is 13.1. The van der Waals surface area contributed by atoms with Gasteiger partial charge in [-0.2, -0.15) is 0 Å². The molecule has 1 atom stereocenters. The van der Waals surface area contributed by atoms with Crippen molar-refractivity contribution in [2.24, 2.45) is 10.4 Å². The minimum atomic E-state index is -0.226. The fourth-order valence-electron chi connectivity index (χ4n) is 4.18. The molecular formula is C19H28FN3O. The number of benzene rings is 1. The molecule has 1 aromatic carbocycles. The van der Waals surface area contributed by atoms with E-state index in [1.807, 2.05) is 7.05 Å². The molecule has 0 bridgehead atoms. The number of aliphatic imine (C=N–C) groups is 1. The highest BCUT2D eigenvalue weighted by molar-refractivity contribution is 5.80. The molecule has 4 nitrogen and oxygen atoms in total. The molecule has 1 aliphatic carbocycles. The Balaban J connectivity index is 1.58. The first kappa shape index (κ1) is 17.2. The number of nitrogens with one attached hydrogen (secondary N) is 1. The molecule has 1 saturated heterocycles. The van der Waals surface area contributed by atoms with Gasteiger partial charge in [0, 0.05) is 33.8 Å². The smallest absolute Gasteiger partial charge is 0.193 e. The Hall–Kier alpha value is -1.62. The Kier molecular flexibility index (Phi) is 5.39. The lowest BCUT2D eigenvalue weighted by molar-refractivity contribution is 0.106. The average molecular weight is 333 g/mol. The van der Waals surface area contributed by atoms with Gasteiger partial charge >= 0.3 is 0 Å². The zero-order valence-electron chi connectivity index (χ0n) is 14.7. The topological polar surface area (TPSA) is 36.9 Å². The molecule has 1 spiro atoms. The summed E-state index contributed by atoms with van der Waals surface area (Å²) in [6.45, 7) is 2.81. The number of methoxy groups -OCH3 is 1. The van der Waals surface area contributed by atoms with Crippen LogP contribution in [-0.2, 0) is 4.74 Å². The molecule has 3 rings (SSSR count). The fourth-order valence-corrected chi connectivity index (χ4v) is 4.18. The van der Waals surface area contributed by atoms with Gasteiger partial charge in [-0.15, -0.1) is 0 Å². The molecule has 132 valence electrons. The predicted molar refractivity (Wildman–Crippen MR) is 94.6 cm³/mol. The number of guanidine groups is 1. The van der Waals surface area contributed by atoms with E-state index in [4.69, 9.17) is 4.74 Å². The van der Waals surface area contributed by atoms with E-state index in [2.05, 4.69) is 15.2 Å². The van der Waals surface area contributed by atoms with E-state index >= 15 is 0 Å². The largest absolute Gasteiger partial charge is 0.375 e. The van der Waals surface area contributed by atoms with Crippen molar-refractivity contribution in [3.63, 3.8) is 0 Å². The molecule has 5 heteroatoms. The van der Waals surface area contributed by atoms with Crippen molar-refractivity contribution in [1.82, 2.24) is 10.2 Å². The Labute approximate surface area is 144 Å². The summed E-state index contributed by atoms with van der Waals surface area (Å²) in [6.07, 6.45) is 6.62. The Morgan fingerprint density at radius 2 is 2.00 bits per heavy atom. The summed E-state index contributed by atoms with van der Waals surface area (Å²) in [4.78, 5) is 6.83. The molecule has 0 aromatic heterocycles. The number of likely N-dealkylation sites (tertiary alicyclic amines) is 1. The standard InChI is InChI=1S/C19H28FN3O/c1-21-18(23-12-11-19(14-23)9-3-4-10-19)22-13-17(24-2)15-5-7-16(20)8-6-15/h5-8,17H,3-4,9-14H2,1-2H3,(H,21,22). The molecule has 0 radical (unpaired) electrons. The van der Waals surface area contributed by atoms with Crippen molar-refractivity contribution in [3.8, 4) is 0 Å². The summed E-state index contributed by atoms with van der Waals surface area (Å²) < 4.78 is 18.7. The molecule has 1 aliphatic heterocycles. The molecule has 1 N–H and O–H groups in total. The van der Waals surface area contributed by atoms with Gasteiger partial charge in [-0.05, 0) is 42.4 Å². The van der Waals surface area contributed by atoms with E-state index in [0.717, 1.165) is 24.6 Å². The highest BCUT2D eigenvalue weighted by Gasteiger charge is 2.41. The lowest BCUT2D eigenvalue weighted by Gasteiger charge is -2.27. The monoisotopic (exact) mass is 333 g/mol. The first-order chi connectivity index (χ1) is 11.7. The number of halogens is 1.